The quantitative estimate of drug-likeness (QED) is 0.191. The molecule has 1 N–H and O–H groups in total. The molecule has 4 aromatic carbocycles. The van der Waals surface area contributed by atoms with E-state index < -0.39 is 35.0 Å². The van der Waals surface area contributed by atoms with Crippen molar-refractivity contribution in [3.8, 4) is 11.5 Å². The maximum absolute atomic E-state index is 15.1. The average Bonchev–Trinajstić information content (AvgIpc) is 3.38. The summed E-state index contributed by atoms with van der Waals surface area (Å²) in [5.41, 5.74) is 2.30. The molecule has 1 aliphatic heterocycles. The van der Waals surface area contributed by atoms with Gasteiger partial charge in [0, 0.05) is 23.0 Å². The van der Waals surface area contributed by atoms with Crippen LogP contribution in [-0.4, -0.2) is 40.5 Å². The zero-order valence-electron chi connectivity index (χ0n) is 27.0. The highest BCUT2D eigenvalue weighted by molar-refractivity contribution is 6.31. The number of nitrogens with zero attached hydrogens (tertiary/aromatic N) is 1. The van der Waals surface area contributed by atoms with Gasteiger partial charge >= 0.3 is 0 Å². The lowest BCUT2D eigenvalue weighted by Crippen LogP contribution is -2.58. The number of methoxy groups -OCH3 is 1. The highest BCUT2D eigenvalue weighted by atomic mass is 16.5. The minimum atomic E-state index is -1.43. The number of benzene rings is 4. The first-order valence-electron chi connectivity index (χ1n) is 16.7. The van der Waals surface area contributed by atoms with Crippen LogP contribution in [0.1, 0.15) is 41.0 Å². The molecule has 2 fully saturated rings. The van der Waals surface area contributed by atoms with Crippen LogP contribution in [0.4, 0.5) is 0 Å². The molecule has 1 saturated heterocycles. The Labute approximate surface area is 284 Å². The molecule has 4 aromatic rings. The molecule has 1 heterocycles. The number of phenols is 1. The molecule has 8 rings (SSSR count). The fourth-order valence-corrected chi connectivity index (χ4v) is 9.10. The summed E-state index contributed by atoms with van der Waals surface area (Å²) in [7, 11) is 1.54. The lowest BCUT2D eigenvalue weighted by atomic mass is 9.44. The summed E-state index contributed by atoms with van der Waals surface area (Å²) in [6, 6.07) is 32.9. The van der Waals surface area contributed by atoms with Gasteiger partial charge in [0.15, 0.2) is 11.6 Å². The highest BCUT2D eigenvalue weighted by Gasteiger charge is 2.66. The van der Waals surface area contributed by atoms with Gasteiger partial charge in [0.05, 0.1) is 30.9 Å². The number of imide groups is 1. The van der Waals surface area contributed by atoms with E-state index >= 15 is 4.79 Å². The van der Waals surface area contributed by atoms with Crippen molar-refractivity contribution in [1.82, 2.24) is 4.90 Å². The number of aromatic hydroxyl groups is 1. The van der Waals surface area contributed by atoms with Gasteiger partial charge in [0.2, 0.25) is 11.8 Å². The molecule has 4 aliphatic rings. The Morgan fingerprint density at radius 1 is 0.816 bits per heavy atom. The smallest absolute Gasteiger partial charge is 0.234 e. The van der Waals surface area contributed by atoms with Gasteiger partial charge in [-0.25, -0.2) is 0 Å². The van der Waals surface area contributed by atoms with E-state index in [1.54, 1.807) is 18.2 Å². The van der Waals surface area contributed by atoms with Crippen molar-refractivity contribution in [2.45, 2.75) is 30.7 Å². The second-order valence-corrected chi connectivity index (χ2v) is 13.5. The Hall–Kier alpha value is -5.56. The number of likely N-dealkylation sites (tertiary alicyclic amines) is 1. The molecule has 6 atom stereocenters. The Morgan fingerprint density at radius 2 is 1.49 bits per heavy atom. The fourth-order valence-electron chi connectivity index (χ4n) is 9.10. The number of hydrogen-bond acceptors (Lipinski definition) is 6. The molecule has 0 spiro atoms. The number of hydrogen-bond donors (Lipinski definition) is 1. The second kappa shape index (κ2) is 11.8. The van der Waals surface area contributed by atoms with Crippen LogP contribution in [0, 0.1) is 23.7 Å². The Bertz CT molecular complexity index is 2050. The van der Waals surface area contributed by atoms with E-state index in [9.17, 15) is 19.5 Å². The Morgan fingerprint density at radius 3 is 2.18 bits per heavy atom. The third-order valence-corrected chi connectivity index (χ3v) is 11.2. The molecular weight excluding hydrogens is 614 g/mol. The molecule has 244 valence electrons. The first kappa shape index (κ1) is 30.8. The van der Waals surface area contributed by atoms with Gasteiger partial charge < -0.3 is 9.84 Å². The fraction of sp³-hybridized carbons (Fsp3) is 0.238. The third kappa shape index (κ3) is 4.63. The molecule has 0 aromatic heterocycles. The lowest BCUT2D eigenvalue weighted by molar-refractivity contribution is -0.141. The van der Waals surface area contributed by atoms with E-state index in [2.05, 4.69) is 0 Å². The van der Waals surface area contributed by atoms with Crippen molar-refractivity contribution in [3.05, 3.63) is 149 Å². The van der Waals surface area contributed by atoms with Crippen LogP contribution in [0.25, 0.3) is 5.57 Å². The molecule has 0 radical (unpaired) electrons. The van der Waals surface area contributed by atoms with Gasteiger partial charge in [0.1, 0.15) is 11.5 Å². The molecule has 3 aliphatic carbocycles. The maximum Gasteiger partial charge on any atom is 0.234 e. The van der Waals surface area contributed by atoms with E-state index in [0.29, 0.717) is 34.4 Å². The van der Waals surface area contributed by atoms with Gasteiger partial charge in [0.25, 0.3) is 0 Å². The van der Waals surface area contributed by atoms with Crippen molar-refractivity contribution in [1.29, 1.82) is 0 Å². The molecule has 49 heavy (non-hydrogen) atoms. The molecule has 6 unspecified atom stereocenters. The van der Waals surface area contributed by atoms with Crippen molar-refractivity contribution >= 4 is 29.0 Å². The zero-order chi connectivity index (χ0) is 33.9. The summed E-state index contributed by atoms with van der Waals surface area (Å²) >= 11 is 0. The van der Waals surface area contributed by atoms with E-state index in [0.717, 1.165) is 11.1 Å². The normalized spacial score (nSPS) is 27.5. The van der Waals surface area contributed by atoms with Crippen LogP contribution in [0.3, 0.4) is 0 Å². The number of rotatable bonds is 6. The number of Topliss-reactive ketones (excluding diaryl/α,β-unsaturated/α-hetero) is 1. The van der Waals surface area contributed by atoms with Crippen LogP contribution in [-0.2, 0) is 31.1 Å². The van der Waals surface area contributed by atoms with Gasteiger partial charge in [-0.05, 0) is 59.7 Å². The maximum atomic E-state index is 15.1. The summed E-state index contributed by atoms with van der Waals surface area (Å²) in [5.74, 6) is -3.95. The van der Waals surface area contributed by atoms with E-state index in [4.69, 9.17) is 4.74 Å². The number of ketones is 2. The largest absolute Gasteiger partial charge is 0.508 e. The standard InChI is InChI=1S/C42H35NO6/c1-49-28-17-20-35(44)33(21-28)38-29-18-19-30-37(41(48)43(40(30)47)24-25-11-5-2-6-12-25)32(29)22-34-39(46)31(26-13-7-3-8-14-26)23-36(45)42(34,38)27-15-9-4-10-16-27/h2-18,20-21,23,30,32,34,37-38,44H,19,22,24H2,1H3. The lowest BCUT2D eigenvalue weighted by Gasteiger charge is -2.55. The van der Waals surface area contributed by atoms with Crippen LogP contribution < -0.4 is 4.74 Å². The topological polar surface area (TPSA) is 101 Å². The first-order valence-corrected chi connectivity index (χ1v) is 16.7. The average molecular weight is 650 g/mol. The number of fused-ring (bicyclic) bond motifs is 4. The number of ether oxygens (including phenoxy) is 1. The molecule has 0 bridgehead atoms. The van der Waals surface area contributed by atoms with E-state index in [-0.39, 0.29) is 42.1 Å². The SMILES string of the molecule is COc1ccc(O)c(C2C3=CCC4C(=O)N(Cc5ccccc5)C(=O)C4C3CC3C(=O)C(c4ccccc4)=CC(=O)C32c2ccccc2)c1. The van der Waals surface area contributed by atoms with Crippen molar-refractivity contribution < 1.29 is 29.0 Å². The number of phenolic OH excluding ortho intramolecular Hbond substituents is 1. The minimum Gasteiger partial charge on any atom is -0.508 e. The number of carbonyl (C=O) groups excluding carboxylic acids is 4. The molecule has 1 saturated carbocycles. The zero-order valence-corrected chi connectivity index (χ0v) is 27.0. The summed E-state index contributed by atoms with van der Waals surface area (Å²) in [6.45, 7) is 0.170. The van der Waals surface area contributed by atoms with Gasteiger partial charge in [-0.15, -0.1) is 0 Å². The first-order chi connectivity index (χ1) is 23.8. The van der Waals surface area contributed by atoms with Gasteiger partial charge in [-0.3, -0.25) is 24.1 Å². The molecular formula is C42H35NO6. The highest BCUT2D eigenvalue weighted by Crippen LogP contribution is 2.64. The van der Waals surface area contributed by atoms with Gasteiger partial charge in [-0.2, -0.15) is 0 Å². The Balaban J connectivity index is 1.35. The predicted octanol–water partition coefficient (Wildman–Crippen LogP) is 6.43. The summed E-state index contributed by atoms with van der Waals surface area (Å²) < 4.78 is 5.61. The van der Waals surface area contributed by atoms with Crippen LogP contribution in [0.2, 0.25) is 0 Å². The van der Waals surface area contributed by atoms with Crippen molar-refractivity contribution in [3.63, 3.8) is 0 Å². The van der Waals surface area contributed by atoms with Crippen LogP contribution in [0.5, 0.6) is 11.5 Å². The van der Waals surface area contributed by atoms with Crippen molar-refractivity contribution in [2.24, 2.45) is 23.7 Å². The van der Waals surface area contributed by atoms with Crippen molar-refractivity contribution in [2.75, 3.05) is 7.11 Å². The number of amides is 2. The minimum absolute atomic E-state index is 0.0406. The Kier molecular flexibility index (Phi) is 7.43. The summed E-state index contributed by atoms with van der Waals surface area (Å²) in [4.78, 5) is 59.8. The van der Waals surface area contributed by atoms with Crippen LogP contribution >= 0.6 is 0 Å². The number of allylic oxidation sites excluding steroid dienone is 4. The van der Waals surface area contributed by atoms with E-state index in [1.165, 1.54) is 18.1 Å². The third-order valence-electron chi connectivity index (χ3n) is 11.2. The van der Waals surface area contributed by atoms with Crippen LogP contribution in [0.15, 0.2) is 127 Å². The molecule has 7 heteroatoms. The monoisotopic (exact) mass is 649 g/mol. The van der Waals surface area contributed by atoms with Gasteiger partial charge in [-0.1, -0.05) is 103 Å². The summed E-state index contributed by atoms with van der Waals surface area (Å²) in [6.07, 6.45) is 4.00. The second-order valence-electron chi connectivity index (χ2n) is 13.5. The molecule has 2 amide bonds. The summed E-state index contributed by atoms with van der Waals surface area (Å²) in [5, 5.41) is 11.6. The number of carbonyl (C=O) groups is 4. The predicted molar refractivity (Wildman–Crippen MR) is 183 cm³/mol. The molecule has 7 nitrogen and oxygen atoms in total. The van der Waals surface area contributed by atoms with E-state index in [1.807, 2.05) is 97.1 Å².